The van der Waals surface area contributed by atoms with Crippen molar-refractivity contribution in [2.75, 3.05) is 12.4 Å². The van der Waals surface area contributed by atoms with E-state index in [2.05, 4.69) is 10.4 Å². The van der Waals surface area contributed by atoms with E-state index < -0.39 is 29.0 Å². The van der Waals surface area contributed by atoms with Crippen LogP contribution in [-0.4, -0.2) is 22.8 Å². The van der Waals surface area contributed by atoms with Crippen molar-refractivity contribution in [1.29, 1.82) is 0 Å². The number of amides is 1. The predicted molar refractivity (Wildman–Crippen MR) is 100 cm³/mol. The fraction of sp³-hybridized carbons (Fsp3) is 0.150. The minimum Gasteiger partial charge on any atom is -0.494 e. The van der Waals surface area contributed by atoms with Crippen molar-refractivity contribution in [3.63, 3.8) is 0 Å². The summed E-state index contributed by atoms with van der Waals surface area (Å²) in [5, 5.41) is 6.22. The number of hydrogen-bond acceptors (Lipinski definition) is 4. The zero-order valence-corrected chi connectivity index (χ0v) is 15.7. The van der Waals surface area contributed by atoms with Gasteiger partial charge in [-0.3, -0.25) is 9.59 Å². The van der Waals surface area contributed by atoms with Crippen LogP contribution in [-0.2, 0) is 6.18 Å². The van der Waals surface area contributed by atoms with Gasteiger partial charge >= 0.3 is 6.18 Å². The van der Waals surface area contributed by atoms with Crippen LogP contribution in [0.3, 0.4) is 0 Å². The molecule has 1 N–H and O–H groups in total. The van der Waals surface area contributed by atoms with E-state index >= 15 is 0 Å². The number of anilines is 1. The Morgan fingerprint density at radius 3 is 2.37 bits per heavy atom. The van der Waals surface area contributed by atoms with Crippen molar-refractivity contribution in [3.8, 4) is 11.4 Å². The number of ether oxygens (including phenoxy) is 1. The van der Waals surface area contributed by atoms with Crippen LogP contribution in [0.4, 0.5) is 23.2 Å². The Morgan fingerprint density at radius 2 is 1.77 bits per heavy atom. The SMILES string of the molecule is COc1cc(=O)n(-c2ccc(C)cc2)nc1C(=O)Nc1ccc(F)c(C(F)(F)F)c1. The second kappa shape index (κ2) is 7.97. The molecule has 0 radical (unpaired) electrons. The fourth-order valence-corrected chi connectivity index (χ4v) is 2.63. The highest BCUT2D eigenvalue weighted by molar-refractivity contribution is 6.04. The number of aryl methyl sites for hydroxylation is 1. The largest absolute Gasteiger partial charge is 0.494 e. The summed E-state index contributed by atoms with van der Waals surface area (Å²) < 4.78 is 58.1. The molecule has 0 saturated carbocycles. The third kappa shape index (κ3) is 4.32. The summed E-state index contributed by atoms with van der Waals surface area (Å²) in [4.78, 5) is 25.0. The van der Waals surface area contributed by atoms with Gasteiger partial charge in [0.1, 0.15) is 5.82 Å². The summed E-state index contributed by atoms with van der Waals surface area (Å²) >= 11 is 0. The van der Waals surface area contributed by atoms with Gasteiger partial charge in [0.15, 0.2) is 11.4 Å². The Balaban J connectivity index is 2.01. The van der Waals surface area contributed by atoms with Gasteiger partial charge in [-0.15, -0.1) is 0 Å². The number of aromatic nitrogens is 2. The van der Waals surface area contributed by atoms with E-state index in [1.807, 2.05) is 6.92 Å². The lowest BCUT2D eigenvalue weighted by Gasteiger charge is -2.13. The molecule has 0 saturated heterocycles. The number of rotatable bonds is 4. The smallest absolute Gasteiger partial charge is 0.419 e. The average molecular weight is 421 g/mol. The summed E-state index contributed by atoms with van der Waals surface area (Å²) in [6.07, 6.45) is -4.93. The Morgan fingerprint density at radius 1 is 1.10 bits per heavy atom. The van der Waals surface area contributed by atoms with Crippen LogP contribution in [0.15, 0.2) is 53.3 Å². The van der Waals surface area contributed by atoms with Gasteiger partial charge in [-0.05, 0) is 37.3 Å². The lowest BCUT2D eigenvalue weighted by atomic mass is 10.1. The summed E-state index contributed by atoms with van der Waals surface area (Å²) in [6, 6.07) is 9.79. The zero-order valence-electron chi connectivity index (χ0n) is 15.7. The van der Waals surface area contributed by atoms with Crippen LogP contribution in [0.2, 0.25) is 0 Å². The highest BCUT2D eigenvalue weighted by Gasteiger charge is 2.34. The number of nitrogens with zero attached hydrogens (tertiary/aromatic N) is 2. The Hall–Kier alpha value is -3.69. The third-order valence-corrected chi connectivity index (χ3v) is 4.14. The molecule has 0 atom stereocenters. The van der Waals surface area contributed by atoms with Crippen molar-refractivity contribution in [2.24, 2.45) is 0 Å². The van der Waals surface area contributed by atoms with E-state index in [1.54, 1.807) is 24.3 Å². The first-order chi connectivity index (χ1) is 14.1. The third-order valence-electron chi connectivity index (χ3n) is 4.14. The number of nitrogens with one attached hydrogen (secondary N) is 1. The lowest BCUT2D eigenvalue weighted by molar-refractivity contribution is -0.139. The molecule has 1 heterocycles. The number of hydrogen-bond donors (Lipinski definition) is 1. The number of halogens is 4. The van der Waals surface area contributed by atoms with Crippen molar-refractivity contribution in [2.45, 2.75) is 13.1 Å². The maximum absolute atomic E-state index is 13.5. The molecular weight excluding hydrogens is 406 g/mol. The second-order valence-corrected chi connectivity index (χ2v) is 6.29. The molecule has 10 heteroatoms. The molecule has 30 heavy (non-hydrogen) atoms. The Labute approximate surface area is 167 Å². The van der Waals surface area contributed by atoms with Gasteiger partial charge in [-0.2, -0.15) is 23.0 Å². The van der Waals surface area contributed by atoms with Crippen molar-refractivity contribution >= 4 is 11.6 Å². The molecule has 1 aromatic heterocycles. The van der Waals surface area contributed by atoms with E-state index in [1.165, 1.54) is 7.11 Å². The van der Waals surface area contributed by atoms with Crippen LogP contribution in [0.25, 0.3) is 5.69 Å². The molecule has 0 unspecified atom stereocenters. The van der Waals surface area contributed by atoms with Gasteiger partial charge in [0.05, 0.1) is 24.4 Å². The summed E-state index contributed by atoms with van der Waals surface area (Å²) in [5.41, 5.74) is -1.42. The topological polar surface area (TPSA) is 73.2 Å². The summed E-state index contributed by atoms with van der Waals surface area (Å²) in [5.74, 6) is -2.57. The molecule has 0 aliphatic rings. The van der Waals surface area contributed by atoms with Crippen LogP contribution in [0, 0.1) is 12.7 Å². The van der Waals surface area contributed by atoms with Gasteiger partial charge in [-0.25, -0.2) is 4.39 Å². The zero-order chi connectivity index (χ0) is 22.1. The maximum Gasteiger partial charge on any atom is 0.419 e. The van der Waals surface area contributed by atoms with Crippen LogP contribution in [0.1, 0.15) is 21.6 Å². The highest BCUT2D eigenvalue weighted by atomic mass is 19.4. The maximum atomic E-state index is 13.5. The minimum absolute atomic E-state index is 0.168. The first-order valence-corrected chi connectivity index (χ1v) is 8.53. The van der Waals surface area contributed by atoms with E-state index in [9.17, 15) is 27.2 Å². The lowest BCUT2D eigenvalue weighted by Crippen LogP contribution is -2.26. The molecule has 3 aromatic rings. The predicted octanol–water partition coefficient (Wildman–Crippen LogP) is 3.96. The van der Waals surface area contributed by atoms with Gasteiger partial charge in [0, 0.05) is 5.69 Å². The molecule has 2 aromatic carbocycles. The monoisotopic (exact) mass is 421 g/mol. The molecular formula is C20H15F4N3O3. The molecule has 1 amide bonds. The molecule has 0 fully saturated rings. The minimum atomic E-state index is -4.93. The molecule has 0 spiro atoms. The van der Waals surface area contributed by atoms with Gasteiger partial charge in [-0.1, -0.05) is 17.7 Å². The molecule has 3 rings (SSSR count). The number of benzene rings is 2. The van der Waals surface area contributed by atoms with Crippen LogP contribution >= 0.6 is 0 Å². The Bertz CT molecular complexity index is 1160. The van der Waals surface area contributed by atoms with E-state index in [0.29, 0.717) is 17.8 Å². The van der Waals surface area contributed by atoms with Crippen LogP contribution in [0.5, 0.6) is 5.75 Å². The fourth-order valence-electron chi connectivity index (χ4n) is 2.63. The standard InChI is InChI=1S/C20H15F4N3O3/c1-11-3-6-13(7-4-11)27-17(28)10-16(30-2)18(26-27)19(29)25-12-5-8-15(21)14(9-12)20(22,23)24/h3-10H,1-2H3,(H,25,29). The summed E-state index contributed by atoms with van der Waals surface area (Å²) in [6.45, 7) is 1.85. The quantitative estimate of drug-likeness (QED) is 0.648. The van der Waals surface area contributed by atoms with Crippen LogP contribution < -0.4 is 15.6 Å². The number of carbonyl (C=O) groups is 1. The van der Waals surface area contributed by atoms with E-state index in [4.69, 9.17) is 4.74 Å². The molecule has 0 bridgehead atoms. The van der Waals surface area contributed by atoms with Crippen molar-refractivity contribution in [3.05, 3.63) is 81.5 Å². The first-order valence-electron chi connectivity index (χ1n) is 8.53. The number of carbonyl (C=O) groups excluding carboxylic acids is 1. The van der Waals surface area contributed by atoms with Gasteiger partial charge in [0.25, 0.3) is 11.5 Å². The van der Waals surface area contributed by atoms with Gasteiger partial charge in [0.2, 0.25) is 0 Å². The average Bonchev–Trinajstić information content (AvgIpc) is 2.69. The molecule has 6 nitrogen and oxygen atoms in total. The second-order valence-electron chi connectivity index (χ2n) is 6.29. The normalized spacial score (nSPS) is 11.3. The van der Waals surface area contributed by atoms with Crippen molar-refractivity contribution in [1.82, 2.24) is 9.78 Å². The first kappa shape index (κ1) is 21.0. The summed E-state index contributed by atoms with van der Waals surface area (Å²) in [7, 11) is 1.21. The molecule has 156 valence electrons. The number of alkyl halides is 3. The number of methoxy groups -OCH3 is 1. The molecule has 0 aliphatic carbocycles. The highest BCUT2D eigenvalue weighted by Crippen LogP contribution is 2.33. The van der Waals surface area contributed by atoms with E-state index in [-0.39, 0.29) is 17.1 Å². The van der Waals surface area contributed by atoms with E-state index in [0.717, 1.165) is 22.4 Å². The Kier molecular flexibility index (Phi) is 5.59. The molecule has 0 aliphatic heterocycles. The van der Waals surface area contributed by atoms with Gasteiger partial charge < -0.3 is 10.1 Å². The van der Waals surface area contributed by atoms with Crippen molar-refractivity contribution < 1.29 is 27.1 Å².